The summed E-state index contributed by atoms with van der Waals surface area (Å²) in [5.74, 6) is 0.426. The Labute approximate surface area is 105 Å². The molecule has 0 radical (unpaired) electrons. The van der Waals surface area contributed by atoms with Crippen LogP contribution in [0.25, 0.3) is 0 Å². The standard InChI is InChI=1S/C10H15FN4O.ClH/c1-6-3-9(15(2)14-6)13-10(16)8-4-7(11)5-12-8;/h3,7-8,12H,4-5H2,1-2H3,(H,13,16);1H/t7-,8+;/m0./s1. The van der Waals surface area contributed by atoms with E-state index in [1.165, 1.54) is 0 Å². The van der Waals surface area contributed by atoms with E-state index in [1.807, 2.05) is 6.92 Å². The van der Waals surface area contributed by atoms with E-state index in [-0.39, 0.29) is 31.3 Å². The summed E-state index contributed by atoms with van der Waals surface area (Å²) < 4.78 is 14.5. The third kappa shape index (κ3) is 3.17. The van der Waals surface area contributed by atoms with E-state index in [9.17, 15) is 9.18 Å². The molecule has 17 heavy (non-hydrogen) atoms. The highest BCUT2D eigenvalue weighted by molar-refractivity contribution is 5.94. The maximum atomic E-state index is 12.9. The molecule has 1 saturated heterocycles. The molecule has 7 heteroatoms. The summed E-state index contributed by atoms with van der Waals surface area (Å²) in [6.07, 6.45) is -0.688. The van der Waals surface area contributed by atoms with Crippen LogP contribution in [0.1, 0.15) is 12.1 Å². The van der Waals surface area contributed by atoms with Crippen molar-refractivity contribution in [2.24, 2.45) is 7.05 Å². The molecule has 1 fully saturated rings. The Morgan fingerprint density at radius 3 is 2.88 bits per heavy atom. The van der Waals surface area contributed by atoms with Crippen molar-refractivity contribution >= 4 is 24.1 Å². The van der Waals surface area contributed by atoms with Gasteiger partial charge in [0.1, 0.15) is 12.0 Å². The number of nitrogens with one attached hydrogen (secondary N) is 2. The second kappa shape index (κ2) is 5.46. The Hall–Kier alpha value is -1.14. The number of alkyl halides is 1. The van der Waals surface area contributed by atoms with E-state index in [0.717, 1.165) is 5.69 Å². The lowest BCUT2D eigenvalue weighted by Gasteiger charge is -2.10. The van der Waals surface area contributed by atoms with Crippen molar-refractivity contribution in [3.05, 3.63) is 11.8 Å². The molecule has 5 nitrogen and oxygen atoms in total. The van der Waals surface area contributed by atoms with Gasteiger partial charge in [0.05, 0.1) is 11.7 Å². The molecule has 1 aliphatic heterocycles. The first-order valence-corrected chi connectivity index (χ1v) is 5.25. The number of anilines is 1. The van der Waals surface area contributed by atoms with Gasteiger partial charge in [-0.1, -0.05) is 0 Å². The summed E-state index contributed by atoms with van der Waals surface area (Å²) in [5.41, 5.74) is 0.834. The van der Waals surface area contributed by atoms with Crippen molar-refractivity contribution in [3.63, 3.8) is 0 Å². The maximum Gasteiger partial charge on any atom is 0.242 e. The van der Waals surface area contributed by atoms with Crippen molar-refractivity contribution in [1.29, 1.82) is 0 Å². The second-order valence-electron chi connectivity index (χ2n) is 4.08. The van der Waals surface area contributed by atoms with Crippen LogP contribution in [0.15, 0.2) is 6.07 Å². The van der Waals surface area contributed by atoms with Gasteiger partial charge >= 0.3 is 0 Å². The van der Waals surface area contributed by atoms with Gasteiger partial charge in [0.25, 0.3) is 0 Å². The number of carbonyl (C=O) groups excluding carboxylic acids is 1. The molecule has 1 aromatic heterocycles. The number of nitrogens with zero attached hydrogens (tertiary/aromatic N) is 2. The monoisotopic (exact) mass is 262 g/mol. The second-order valence-corrected chi connectivity index (χ2v) is 4.08. The smallest absolute Gasteiger partial charge is 0.242 e. The van der Waals surface area contributed by atoms with Gasteiger partial charge in [-0.15, -0.1) is 12.4 Å². The van der Waals surface area contributed by atoms with Gasteiger partial charge in [-0.05, 0) is 6.92 Å². The van der Waals surface area contributed by atoms with E-state index >= 15 is 0 Å². The van der Waals surface area contributed by atoms with Crippen LogP contribution >= 0.6 is 12.4 Å². The zero-order valence-electron chi connectivity index (χ0n) is 9.74. The molecule has 1 amide bonds. The van der Waals surface area contributed by atoms with Crippen LogP contribution in [0.3, 0.4) is 0 Å². The van der Waals surface area contributed by atoms with E-state index in [2.05, 4.69) is 15.7 Å². The van der Waals surface area contributed by atoms with Crippen LogP contribution < -0.4 is 10.6 Å². The number of hydrogen-bond donors (Lipinski definition) is 2. The highest BCUT2D eigenvalue weighted by Gasteiger charge is 2.29. The van der Waals surface area contributed by atoms with Crippen LogP contribution in [-0.2, 0) is 11.8 Å². The Morgan fingerprint density at radius 2 is 2.41 bits per heavy atom. The third-order valence-electron chi connectivity index (χ3n) is 2.65. The van der Waals surface area contributed by atoms with Crippen LogP contribution in [-0.4, -0.2) is 34.4 Å². The van der Waals surface area contributed by atoms with Gasteiger partial charge in [-0.2, -0.15) is 5.10 Å². The van der Waals surface area contributed by atoms with Crippen LogP contribution in [0.5, 0.6) is 0 Å². The summed E-state index contributed by atoms with van der Waals surface area (Å²) in [6, 6.07) is 1.34. The zero-order valence-corrected chi connectivity index (χ0v) is 10.6. The van der Waals surface area contributed by atoms with E-state index in [4.69, 9.17) is 0 Å². The molecule has 2 atom stereocenters. The molecular formula is C10H16ClFN4O. The lowest BCUT2D eigenvalue weighted by molar-refractivity contribution is -0.117. The fourth-order valence-electron chi connectivity index (χ4n) is 1.83. The van der Waals surface area contributed by atoms with E-state index in [1.54, 1.807) is 17.8 Å². The highest BCUT2D eigenvalue weighted by Crippen LogP contribution is 2.13. The van der Waals surface area contributed by atoms with Crippen molar-refractivity contribution in [2.75, 3.05) is 11.9 Å². The van der Waals surface area contributed by atoms with Crippen molar-refractivity contribution in [1.82, 2.24) is 15.1 Å². The molecule has 0 bridgehead atoms. The first-order valence-electron chi connectivity index (χ1n) is 5.25. The molecule has 2 rings (SSSR count). The number of rotatable bonds is 2. The molecular weight excluding hydrogens is 247 g/mol. The topological polar surface area (TPSA) is 59.0 Å². The fourth-order valence-corrected chi connectivity index (χ4v) is 1.83. The van der Waals surface area contributed by atoms with Gasteiger partial charge in [0, 0.05) is 26.1 Å². The van der Waals surface area contributed by atoms with Crippen molar-refractivity contribution in [3.8, 4) is 0 Å². The van der Waals surface area contributed by atoms with Gasteiger partial charge < -0.3 is 10.6 Å². The SMILES string of the molecule is Cc1cc(NC(=O)[C@H]2C[C@H](F)CN2)n(C)n1.Cl. The quantitative estimate of drug-likeness (QED) is 0.829. The normalized spacial score (nSPS) is 23.2. The molecule has 0 aliphatic carbocycles. The summed E-state index contributed by atoms with van der Waals surface area (Å²) in [6.45, 7) is 2.10. The minimum Gasteiger partial charge on any atom is -0.310 e. The molecule has 96 valence electrons. The lowest BCUT2D eigenvalue weighted by Crippen LogP contribution is -2.35. The maximum absolute atomic E-state index is 12.9. The number of hydrogen-bond acceptors (Lipinski definition) is 3. The van der Waals surface area contributed by atoms with Gasteiger partial charge in [0.15, 0.2) is 0 Å². The predicted molar refractivity (Wildman–Crippen MR) is 65.1 cm³/mol. The number of aryl methyl sites for hydroxylation is 2. The Kier molecular flexibility index (Phi) is 4.47. The number of aromatic nitrogens is 2. The summed E-state index contributed by atoms with van der Waals surface area (Å²) >= 11 is 0. The highest BCUT2D eigenvalue weighted by atomic mass is 35.5. The number of halogens is 2. The van der Waals surface area contributed by atoms with Crippen LogP contribution in [0, 0.1) is 6.92 Å². The first kappa shape index (κ1) is 13.9. The Balaban J connectivity index is 0.00000144. The molecule has 0 saturated carbocycles. The molecule has 2 heterocycles. The van der Waals surface area contributed by atoms with E-state index < -0.39 is 12.2 Å². The van der Waals surface area contributed by atoms with Crippen molar-refractivity contribution < 1.29 is 9.18 Å². The Morgan fingerprint density at radius 1 is 1.71 bits per heavy atom. The van der Waals surface area contributed by atoms with Gasteiger partial charge in [-0.3, -0.25) is 9.48 Å². The average Bonchev–Trinajstić information content (AvgIpc) is 2.74. The molecule has 0 spiro atoms. The molecule has 2 N–H and O–H groups in total. The fraction of sp³-hybridized carbons (Fsp3) is 0.600. The molecule has 1 aliphatic rings. The predicted octanol–water partition coefficient (Wildman–Crippen LogP) is 0.789. The Bertz CT molecular complexity index is 409. The number of amides is 1. The molecule has 0 unspecified atom stereocenters. The van der Waals surface area contributed by atoms with Gasteiger partial charge in [-0.25, -0.2) is 4.39 Å². The van der Waals surface area contributed by atoms with Crippen LogP contribution in [0.4, 0.5) is 10.2 Å². The number of carbonyl (C=O) groups is 1. The molecule has 0 aromatic carbocycles. The minimum absolute atomic E-state index is 0. The summed E-state index contributed by atoms with van der Waals surface area (Å²) in [7, 11) is 1.75. The summed E-state index contributed by atoms with van der Waals surface area (Å²) in [5, 5.41) is 9.67. The van der Waals surface area contributed by atoms with Crippen LogP contribution in [0.2, 0.25) is 0 Å². The summed E-state index contributed by atoms with van der Waals surface area (Å²) in [4.78, 5) is 11.7. The van der Waals surface area contributed by atoms with Gasteiger partial charge in [0.2, 0.25) is 5.91 Å². The average molecular weight is 263 g/mol. The van der Waals surface area contributed by atoms with Crippen molar-refractivity contribution in [2.45, 2.75) is 25.6 Å². The minimum atomic E-state index is -0.927. The lowest BCUT2D eigenvalue weighted by atomic mass is 10.2. The van der Waals surface area contributed by atoms with E-state index in [0.29, 0.717) is 5.82 Å². The molecule has 1 aromatic rings. The third-order valence-corrected chi connectivity index (χ3v) is 2.65. The largest absolute Gasteiger partial charge is 0.310 e. The first-order chi connectivity index (χ1) is 7.56. The zero-order chi connectivity index (χ0) is 11.7.